The zero-order chi connectivity index (χ0) is 12.4. The molecule has 2 N–H and O–H groups in total. The first-order chi connectivity index (χ1) is 8.81. The molecule has 0 spiro atoms. The second kappa shape index (κ2) is 5.41. The van der Waals surface area contributed by atoms with E-state index in [0.29, 0.717) is 6.04 Å². The van der Waals surface area contributed by atoms with Gasteiger partial charge in [-0.2, -0.15) is 0 Å². The first-order valence-electron chi connectivity index (χ1n) is 7.29. The molecule has 1 aromatic carbocycles. The number of rotatable bonds is 3. The highest BCUT2D eigenvalue weighted by Gasteiger charge is 2.23. The zero-order valence-electron chi connectivity index (χ0n) is 10.9. The van der Waals surface area contributed by atoms with E-state index >= 15 is 0 Å². The Hall–Kier alpha value is -0.860. The van der Waals surface area contributed by atoms with Crippen molar-refractivity contribution in [1.29, 1.82) is 0 Å². The molecular formula is C16H23NO. The molecule has 1 aromatic rings. The summed E-state index contributed by atoms with van der Waals surface area (Å²) < 4.78 is 0. The minimum absolute atomic E-state index is 0.0306. The first-order valence-corrected chi connectivity index (χ1v) is 7.29. The van der Waals surface area contributed by atoms with Crippen molar-refractivity contribution in [3.8, 4) is 0 Å². The van der Waals surface area contributed by atoms with Gasteiger partial charge >= 0.3 is 0 Å². The van der Waals surface area contributed by atoms with E-state index in [1.54, 1.807) is 0 Å². The average molecular weight is 245 g/mol. The third-order valence-electron chi connectivity index (χ3n) is 4.56. The molecule has 0 amide bonds. The van der Waals surface area contributed by atoms with Crippen LogP contribution in [0, 0.1) is 5.92 Å². The Balaban J connectivity index is 1.46. The molecule has 2 aliphatic carbocycles. The Kier molecular flexibility index (Phi) is 3.67. The van der Waals surface area contributed by atoms with Gasteiger partial charge in [0.25, 0.3) is 0 Å². The van der Waals surface area contributed by atoms with Crippen molar-refractivity contribution in [2.24, 2.45) is 5.92 Å². The van der Waals surface area contributed by atoms with Crippen LogP contribution in [-0.2, 0) is 12.8 Å². The van der Waals surface area contributed by atoms with Crippen LogP contribution in [0.1, 0.15) is 36.8 Å². The molecule has 98 valence electrons. The molecule has 18 heavy (non-hydrogen) atoms. The van der Waals surface area contributed by atoms with Crippen LogP contribution in [0.25, 0.3) is 0 Å². The minimum atomic E-state index is -0.0306. The Labute approximate surface area is 109 Å². The highest BCUT2D eigenvalue weighted by Crippen LogP contribution is 2.25. The predicted molar refractivity (Wildman–Crippen MR) is 73.6 cm³/mol. The van der Waals surface area contributed by atoms with E-state index in [1.807, 2.05) is 0 Å². The lowest BCUT2D eigenvalue weighted by Gasteiger charge is -2.26. The van der Waals surface area contributed by atoms with Crippen LogP contribution in [-0.4, -0.2) is 23.8 Å². The normalized spacial score (nSPS) is 28.3. The maximum atomic E-state index is 9.50. The van der Waals surface area contributed by atoms with Gasteiger partial charge in [0.2, 0.25) is 0 Å². The third-order valence-corrected chi connectivity index (χ3v) is 4.56. The van der Waals surface area contributed by atoms with Crippen LogP contribution in [0.2, 0.25) is 0 Å². The van der Waals surface area contributed by atoms with Gasteiger partial charge in [-0.15, -0.1) is 0 Å². The third kappa shape index (κ3) is 2.76. The van der Waals surface area contributed by atoms with Gasteiger partial charge < -0.3 is 10.4 Å². The van der Waals surface area contributed by atoms with E-state index in [0.717, 1.165) is 25.3 Å². The van der Waals surface area contributed by atoms with Crippen molar-refractivity contribution in [3.05, 3.63) is 35.4 Å². The summed E-state index contributed by atoms with van der Waals surface area (Å²) in [7, 11) is 0. The van der Waals surface area contributed by atoms with Gasteiger partial charge in [-0.05, 0) is 62.1 Å². The average Bonchev–Trinajstić information content (AvgIpc) is 2.81. The van der Waals surface area contributed by atoms with Crippen molar-refractivity contribution in [2.75, 3.05) is 6.54 Å². The smallest absolute Gasteiger partial charge is 0.0540 e. The molecule has 2 heteroatoms. The molecule has 0 aliphatic heterocycles. The van der Waals surface area contributed by atoms with E-state index in [1.165, 1.54) is 36.8 Å². The van der Waals surface area contributed by atoms with Gasteiger partial charge in [0.05, 0.1) is 6.10 Å². The molecular weight excluding hydrogens is 222 g/mol. The second-order valence-electron chi connectivity index (χ2n) is 5.96. The standard InChI is InChI=1S/C16H23NO/c18-16-7-5-12(6-8-16)11-17-15-9-13-3-1-2-4-14(13)10-15/h1-4,12,15-18H,5-11H2. The molecule has 0 unspecified atom stereocenters. The van der Waals surface area contributed by atoms with Crippen molar-refractivity contribution in [1.82, 2.24) is 5.32 Å². The maximum Gasteiger partial charge on any atom is 0.0540 e. The number of aliphatic hydroxyl groups excluding tert-OH is 1. The van der Waals surface area contributed by atoms with Crippen LogP contribution in [0.15, 0.2) is 24.3 Å². The maximum absolute atomic E-state index is 9.50. The lowest BCUT2D eigenvalue weighted by molar-refractivity contribution is 0.107. The summed E-state index contributed by atoms with van der Waals surface area (Å²) in [5, 5.41) is 13.2. The molecule has 2 nitrogen and oxygen atoms in total. The predicted octanol–water partition coefficient (Wildman–Crippen LogP) is 2.29. The number of fused-ring (bicyclic) bond motifs is 1. The van der Waals surface area contributed by atoms with E-state index in [4.69, 9.17) is 0 Å². The van der Waals surface area contributed by atoms with Crippen LogP contribution < -0.4 is 5.32 Å². The quantitative estimate of drug-likeness (QED) is 0.856. The summed E-state index contributed by atoms with van der Waals surface area (Å²) in [6.07, 6.45) is 6.71. The van der Waals surface area contributed by atoms with E-state index in [-0.39, 0.29) is 6.10 Å². The van der Waals surface area contributed by atoms with Gasteiger partial charge in [-0.1, -0.05) is 24.3 Å². The Morgan fingerprint density at radius 1 is 1.00 bits per heavy atom. The monoisotopic (exact) mass is 245 g/mol. The van der Waals surface area contributed by atoms with Gasteiger partial charge in [-0.3, -0.25) is 0 Å². The van der Waals surface area contributed by atoms with Crippen LogP contribution in [0.4, 0.5) is 0 Å². The number of hydrogen-bond acceptors (Lipinski definition) is 2. The fraction of sp³-hybridized carbons (Fsp3) is 0.625. The van der Waals surface area contributed by atoms with Crippen molar-refractivity contribution in [3.63, 3.8) is 0 Å². The molecule has 0 atom stereocenters. The van der Waals surface area contributed by atoms with Gasteiger partial charge in [0.15, 0.2) is 0 Å². The van der Waals surface area contributed by atoms with E-state index < -0.39 is 0 Å². The van der Waals surface area contributed by atoms with Crippen molar-refractivity contribution >= 4 is 0 Å². The Morgan fingerprint density at radius 2 is 1.61 bits per heavy atom. The number of aliphatic hydroxyl groups is 1. The number of nitrogens with one attached hydrogen (secondary N) is 1. The molecule has 0 aromatic heterocycles. The van der Waals surface area contributed by atoms with Crippen LogP contribution in [0.3, 0.4) is 0 Å². The number of benzene rings is 1. The second-order valence-corrected chi connectivity index (χ2v) is 5.96. The largest absolute Gasteiger partial charge is 0.393 e. The summed E-state index contributed by atoms with van der Waals surface area (Å²) in [5.74, 6) is 0.775. The van der Waals surface area contributed by atoms with Gasteiger partial charge in [0.1, 0.15) is 0 Å². The van der Waals surface area contributed by atoms with Crippen LogP contribution in [0.5, 0.6) is 0 Å². The Bertz CT molecular complexity index is 371. The van der Waals surface area contributed by atoms with Gasteiger partial charge in [0, 0.05) is 6.04 Å². The van der Waals surface area contributed by atoms with E-state index in [2.05, 4.69) is 29.6 Å². The van der Waals surface area contributed by atoms with Gasteiger partial charge in [-0.25, -0.2) is 0 Å². The van der Waals surface area contributed by atoms with Crippen LogP contribution >= 0.6 is 0 Å². The minimum Gasteiger partial charge on any atom is -0.393 e. The molecule has 3 rings (SSSR count). The fourth-order valence-electron chi connectivity index (χ4n) is 3.39. The number of hydrogen-bond donors (Lipinski definition) is 2. The SMILES string of the molecule is OC1CCC(CNC2Cc3ccccc3C2)CC1. The summed E-state index contributed by atoms with van der Waals surface area (Å²) in [6, 6.07) is 9.43. The summed E-state index contributed by atoms with van der Waals surface area (Å²) >= 11 is 0. The summed E-state index contributed by atoms with van der Waals surface area (Å²) in [4.78, 5) is 0. The molecule has 0 saturated heterocycles. The Morgan fingerprint density at radius 3 is 2.22 bits per heavy atom. The van der Waals surface area contributed by atoms with Crippen molar-refractivity contribution in [2.45, 2.75) is 50.7 Å². The zero-order valence-corrected chi connectivity index (χ0v) is 10.9. The molecule has 1 fully saturated rings. The summed E-state index contributed by atoms with van der Waals surface area (Å²) in [5.41, 5.74) is 3.04. The van der Waals surface area contributed by atoms with Crippen molar-refractivity contribution < 1.29 is 5.11 Å². The highest BCUT2D eigenvalue weighted by molar-refractivity contribution is 5.33. The molecule has 0 radical (unpaired) electrons. The molecule has 0 heterocycles. The first kappa shape index (κ1) is 12.2. The lowest BCUT2D eigenvalue weighted by atomic mass is 9.87. The molecule has 2 aliphatic rings. The lowest BCUT2D eigenvalue weighted by Crippen LogP contribution is -2.35. The highest BCUT2D eigenvalue weighted by atomic mass is 16.3. The van der Waals surface area contributed by atoms with E-state index in [9.17, 15) is 5.11 Å². The fourth-order valence-corrected chi connectivity index (χ4v) is 3.39. The summed E-state index contributed by atoms with van der Waals surface area (Å²) in [6.45, 7) is 1.13. The molecule has 0 bridgehead atoms. The topological polar surface area (TPSA) is 32.3 Å². The molecule has 1 saturated carbocycles.